The van der Waals surface area contributed by atoms with Crippen LogP contribution in [0.25, 0.3) is 77.2 Å². The fourth-order valence-electron chi connectivity index (χ4n) is 13.4. The van der Waals surface area contributed by atoms with Gasteiger partial charge in [-0.3, -0.25) is 0 Å². The van der Waals surface area contributed by atoms with Crippen molar-refractivity contribution in [2.75, 3.05) is 0 Å². The topological polar surface area (TPSA) is 9.86 Å². The van der Waals surface area contributed by atoms with E-state index in [-0.39, 0.29) is 0 Å². The minimum atomic E-state index is -2.80. The summed E-state index contributed by atoms with van der Waals surface area (Å²) in [6, 6.07) is 114. The van der Waals surface area contributed by atoms with Crippen molar-refractivity contribution in [3.63, 3.8) is 0 Å². The van der Waals surface area contributed by atoms with Gasteiger partial charge >= 0.3 is 0 Å². The predicted molar refractivity (Wildman–Crippen MR) is 327 cm³/mol. The molecular weight excluding hydrogens is 949 g/mol. The molecule has 12 aromatic carbocycles. The van der Waals surface area contributed by atoms with Gasteiger partial charge in [-0.25, -0.2) is 0 Å². The number of rotatable bonds is 9. The monoisotopic (exact) mass is 998 g/mol. The average Bonchev–Trinajstić information content (AvgIpc) is 4.17. The lowest BCUT2D eigenvalue weighted by Crippen LogP contribution is -2.74. The number of hydrogen-bond donors (Lipinski definition) is 0. The van der Waals surface area contributed by atoms with E-state index in [1.165, 1.54) is 113 Å². The van der Waals surface area contributed by atoms with Gasteiger partial charge in [-0.05, 0) is 112 Å². The van der Waals surface area contributed by atoms with Crippen molar-refractivity contribution < 1.29 is 0 Å². The first-order valence-electron chi connectivity index (χ1n) is 26.4. The largest absolute Gasteiger partial charge is 0.309 e. The molecule has 356 valence electrons. The molecule has 0 bridgehead atoms. The van der Waals surface area contributed by atoms with Crippen LogP contribution in [0, 0.1) is 0 Å². The molecule has 1 aliphatic heterocycles. The van der Waals surface area contributed by atoms with Crippen LogP contribution in [-0.4, -0.2) is 25.3 Å². The summed E-state index contributed by atoms with van der Waals surface area (Å²) in [5.74, 6) is 0. The Kier molecular flexibility index (Phi) is 10.3. The molecule has 2 nitrogen and oxygen atoms in total. The Morgan fingerprint density at radius 1 is 0.276 bits per heavy atom. The molecule has 0 atom stereocenters. The molecule has 0 fully saturated rings. The van der Waals surface area contributed by atoms with Crippen LogP contribution in [0.15, 0.2) is 303 Å². The predicted octanol–water partition coefficient (Wildman–Crippen LogP) is 12.3. The number of para-hydroxylation sites is 2. The summed E-state index contributed by atoms with van der Waals surface area (Å²) >= 11 is 0. The number of benzene rings is 12. The van der Waals surface area contributed by atoms with Crippen molar-refractivity contribution in [2.45, 2.75) is 0 Å². The minimum Gasteiger partial charge on any atom is -0.309 e. The van der Waals surface area contributed by atoms with E-state index < -0.39 is 16.1 Å². The number of nitrogens with zero attached hydrogens (tertiary/aromatic N) is 2. The van der Waals surface area contributed by atoms with E-state index in [1.807, 2.05) is 0 Å². The molecule has 0 radical (unpaired) electrons. The van der Waals surface area contributed by atoms with Gasteiger partial charge in [0.15, 0.2) is 16.1 Å². The van der Waals surface area contributed by atoms with Crippen LogP contribution in [0.1, 0.15) is 0 Å². The molecule has 4 heteroatoms. The molecule has 0 aliphatic carbocycles. The maximum Gasteiger partial charge on any atom is 0.180 e. The lowest BCUT2D eigenvalue weighted by atomic mass is 9.99. The SMILES string of the molecule is c1ccc([Si](c2ccccc2)(c2ccccc2)c2cccc(-n3c4ccccc4c4c(-n5c6ccccc6c6cc(-c7ccc8c(c7)[Si](c7ccccc7)(c7ccccc7)c7ccccc7-8)ccc65)cccc43)c2)cc1. The van der Waals surface area contributed by atoms with Gasteiger partial charge in [-0.2, -0.15) is 0 Å². The second-order valence-electron chi connectivity index (χ2n) is 20.3. The van der Waals surface area contributed by atoms with E-state index in [1.54, 1.807) is 0 Å². The number of aromatic nitrogens is 2. The number of fused-ring (bicyclic) bond motifs is 9. The summed E-state index contributed by atoms with van der Waals surface area (Å²) < 4.78 is 5.02. The van der Waals surface area contributed by atoms with Gasteiger partial charge in [-0.15, -0.1) is 0 Å². The molecule has 0 saturated carbocycles. The Bertz CT molecular complexity index is 4370. The van der Waals surface area contributed by atoms with Crippen LogP contribution in [0.2, 0.25) is 0 Å². The zero-order valence-electron chi connectivity index (χ0n) is 41.8. The van der Waals surface area contributed by atoms with Crippen LogP contribution in [-0.2, 0) is 0 Å². The first kappa shape index (κ1) is 44.2. The van der Waals surface area contributed by atoms with Crippen LogP contribution in [0.5, 0.6) is 0 Å². The summed E-state index contributed by atoms with van der Waals surface area (Å²) in [6.45, 7) is 0. The Morgan fingerprint density at radius 3 is 1.41 bits per heavy atom. The molecule has 15 rings (SSSR count). The lowest BCUT2D eigenvalue weighted by molar-refractivity contribution is 1.17. The third-order valence-electron chi connectivity index (χ3n) is 16.5. The maximum atomic E-state index is 2.54. The normalized spacial score (nSPS) is 12.8. The van der Waals surface area contributed by atoms with E-state index in [0.29, 0.717) is 0 Å². The van der Waals surface area contributed by atoms with Gasteiger partial charge in [0.25, 0.3) is 0 Å². The van der Waals surface area contributed by atoms with E-state index in [4.69, 9.17) is 0 Å². The Morgan fingerprint density at radius 2 is 0.750 bits per heavy atom. The quantitative estimate of drug-likeness (QED) is 0.101. The summed E-state index contributed by atoms with van der Waals surface area (Å²) in [6.07, 6.45) is 0. The Balaban J connectivity index is 0.920. The minimum absolute atomic E-state index is 1.15. The van der Waals surface area contributed by atoms with Crippen molar-refractivity contribution in [2.24, 2.45) is 0 Å². The van der Waals surface area contributed by atoms with Crippen molar-refractivity contribution in [1.82, 2.24) is 9.13 Å². The molecule has 2 aromatic heterocycles. The third kappa shape index (κ3) is 6.45. The van der Waals surface area contributed by atoms with E-state index in [2.05, 4.69) is 312 Å². The Hall–Kier alpha value is -9.33. The van der Waals surface area contributed by atoms with Crippen molar-refractivity contribution in [3.05, 3.63) is 303 Å². The van der Waals surface area contributed by atoms with Gasteiger partial charge in [0.05, 0.1) is 27.8 Å². The second-order valence-corrected chi connectivity index (χ2v) is 27.8. The molecule has 14 aromatic rings. The standard InChI is InChI=1S/C72H50N2Si2/c1-6-25-54(26-7-1)75(55-27-8-2-9-28-55,56-29-10-3-11-30-56)59-35-22-24-53(50-59)73-66-40-20-17-38-63(66)72-68(73)41-23-42-69(72)74-65-39-19-16-36-60(65)64-48-51(45-47-67(64)74)52-44-46-62-61-37-18-21-43-70(61)76(71(62)49-52,57-31-12-4-13-32-57)58-33-14-5-15-34-58/h1-50H. The fourth-order valence-corrected chi connectivity index (χ4v) is 23.4. The van der Waals surface area contributed by atoms with Crippen LogP contribution >= 0.6 is 0 Å². The lowest BCUT2D eigenvalue weighted by Gasteiger charge is -2.34. The zero-order valence-corrected chi connectivity index (χ0v) is 43.8. The van der Waals surface area contributed by atoms with E-state index >= 15 is 0 Å². The summed E-state index contributed by atoms with van der Waals surface area (Å²) in [5.41, 5.74) is 12.2. The molecule has 0 unspecified atom stereocenters. The van der Waals surface area contributed by atoms with Crippen molar-refractivity contribution in [1.29, 1.82) is 0 Å². The summed E-state index contributed by atoms with van der Waals surface area (Å²) in [7, 11) is -5.46. The number of hydrogen-bond acceptors (Lipinski definition) is 0. The average molecular weight is 999 g/mol. The molecule has 0 N–H and O–H groups in total. The molecule has 76 heavy (non-hydrogen) atoms. The first-order valence-corrected chi connectivity index (χ1v) is 30.4. The van der Waals surface area contributed by atoms with E-state index in [9.17, 15) is 0 Å². The molecular formula is C72H50N2Si2. The van der Waals surface area contributed by atoms with Gasteiger partial charge < -0.3 is 9.13 Å². The maximum absolute atomic E-state index is 2.80. The zero-order chi connectivity index (χ0) is 50.2. The molecule has 0 saturated heterocycles. The highest BCUT2D eigenvalue weighted by atomic mass is 28.3. The van der Waals surface area contributed by atoms with Crippen LogP contribution in [0.3, 0.4) is 0 Å². The second kappa shape index (κ2) is 17.7. The van der Waals surface area contributed by atoms with Gasteiger partial charge in [0, 0.05) is 27.2 Å². The highest BCUT2D eigenvalue weighted by Gasteiger charge is 2.48. The molecule has 0 amide bonds. The smallest absolute Gasteiger partial charge is 0.180 e. The van der Waals surface area contributed by atoms with Crippen LogP contribution in [0.4, 0.5) is 0 Å². The highest BCUT2D eigenvalue weighted by Crippen LogP contribution is 2.41. The summed E-state index contributed by atoms with van der Waals surface area (Å²) in [5, 5.41) is 16.1. The molecule has 1 aliphatic rings. The van der Waals surface area contributed by atoms with Crippen molar-refractivity contribution in [3.8, 4) is 33.6 Å². The van der Waals surface area contributed by atoms with E-state index in [0.717, 1.165) is 5.69 Å². The summed E-state index contributed by atoms with van der Waals surface area (Å²) in [4.78, 5) is 0. The van der Waals surface area contributed by atoms with Crippen LogP contribution < -0.4 is 41.5 Å². The van der Waals surface area contributed by atoms with Gasteiger partial charge in [0.1, 0.15) is 0 Å². The molecule has 0 spiro atoms. The molecule has 3 heterocycles. The third-order valence-corrected chi connectivity index (χ3v) is 26.2. The Labute approximate surface area is 444 Å². The highest BCUT2D eigenvalue weighted by molar-refractivity contribution is 7.22. The first-order chi connectivity index (χ1) is 37.7. The van der Waals surface area contributed by atoms with Gasteiger partial charge in [-0.1, -0.05) is 255 Å². The van der Waals surface area contributed by atoms with Gasteiger partial charge in [0.2, 0.25) is 0 Å². The van der Waals surface area contributed by atoms with Crippen molar-refractivity contribution >= 4 is 101 Å². The fraction of sp³-hybridized carbons (Fsp3) is 0.